The normalized spacial score (nSPS) is 14.3. The molecule has 1 aromatic carbocycles. The number of nitrogens with zero attached hydrogens (tertiary/aromatic N) is 1. The standard InChI is InChI=1S/C13H15N3O3/c1-9-3-5-10(6-4-9)12(17)11(16(18)19)13-14-7-2-8-15-13/h3-6,14-15H,2,7-8H2,1H3. The molecule has 0 aliphatic carbocycles. The summed E-state index contributed by atoms with van der Waals surface area (Å²) < 4.78 is 0. The average Bonchev–Trinajstić information content (AvgIpc) is 2.40. The molecule has 0 bridgehead atoms. The predicted octanol–water partition coefficient (Wildman–Crippen LogP) is 1.21. The van der Waals surface area contributed by atoms with Crippen molar-refractivity contribution < 1.29 is 9.72 Å². The van der Waals surface area contributed by atoms with Crippen molar-refractivity contribution in [3.63, 3.8) is 0 Å². The number of hydrogen-bond donors (Lipinski definition) is 2. The molecular weight excluding hydrogens is 246 g/mol. The largest absolute Gasteiger partial charge is 0.366 e. The van der Waals surface area contributed by atoms with Gasteiger partial charge in [0.15, 0.2) is 5.82 Å². The van der Waals surface area contributed by atoms with Crippen molar-refractivity contribution in [3.8, 4) is 0 Å². The van der Waals surface area contributed by atoms with E-state index in [0.29, 0.717) is 18.7 Å². The molecule has 0 amide bonds. The Morgan fingerprint density at radius 3 is 2.32 bits per heavy atom. The zero-order valence-electron chi connectivity index (χ0n) is 10.6. The third-order valence-electron chi connectivity index (χ3n) is 2.91. The number of Topliss-reactive ketones (excluding diaryl/α,β-unsaturated/α-hetero) is 1. The minimum absolute atomic E-state index is 0.210. The topological polar surface area (TPSA) is 84.3 Å². The fraction of sp³-hybridized carbons (Fsp3) is 0.308. The number of aryl methyl sites for hydroxylation is 1. The van der Waals surface area contributed by atoms with E-state index >= 15 is 0 Å². The van der Waals surface area contributed by atoms with Crippen LogP contribution in [0.3, 0.4) is 0 Å². The summed E-state index contributed by atoms with van der Waals surface area (Å²) in [7, 11) is 0. The molecule has 100 valence electrons. The lowest BCUT2D eigenvalue weighted by atomic mass is 10.1. The molecule has 1 aliphatic heterocycles. The van der Waals surface area contributed by atoms with Gasteiger partial charge in [-0.05, 0) is 13.3 Å². The first-order chi connectivity index (χ1) is 9.09. The number of carbonyl (C=O) groups is 1. The Morgan fingerprint density at radius 2 is 1.79 bits per heavy atom. The Bertz CT molecular complexity index is 527. The third-order valence-corrected chi connectivity index (χ3v) is 2.91. The van der Waals surface area contributed by atoms with Crippen molar-refractivity contribution in [1.29, 1.82) is 0 Å². The molecule has 2 rings (SSSR count). The summed E-state index contributed by atoms with van der Waals surface area (Å²) in [6.07, 6.45) is 0.868. The Hall–Kier alpha value is -2.37. The Kier molecular flexibility index (Phi) is 3.79. The lowest BCUT2D eigenvalue weighted by molar-refractivity contribution is -0.418. The summed E-state index contributed by atoms with van der Waals surface area (Å²) in [5.41, 5.74) is 0.892. The van der Waals surface area contributed by atoms with Gasteiger partial charge in [0.25, 0.3) is 5.78 Å². The van der Waals surface area contributed by atoms with Crippen LogP contribution in [0, 0.1) is 17.0 Å². The van der Waals surface area contributed by atoms with Crippen LogP contribution in [0.5, 0.6) is 0 Å². The zero-order chi connectivity index (χ0) is 13.8. The van der Waals surface area contributed by atoms with Gasteiger partial charge in [0.05, 0.1) is 4.92 Å². The van der Waals surface area contributed by atoms with E-state index in [1.165, 1.54) is 0 Å². The maximum absolute atomic E-state index is 12.2. The van der Waals surface area contributed by atoms with Gasteiger partial charge in [-0.25, -0.2) is 0 Å². The van der Waals surface area contributed by atoms with Crippen molar-refractivity contribution in [2.45, 2.75) is 13.3 Å². The Balaban J connectivity index is 2.36. The van der Waals surface area contributed by atoms with Crippen molar-refractivity contribution >= 4 is 5.78 Å². The molecule has 1 fully saturated rings. The molecule has 1 heterocycles. The van der Waals surface area contributed by atoms with Gasteiger partial charge in [-0.1, -0.05) is 29.8 Å². The van der Waals surface area contributed by atoms with Crippen LogP contribution in [-0.2, 0) is 0 Å². The molecule has 19 heavy (non-hydrogen) atoms. The number of ketones is 1. The molecule has 1 saturated heterocycles. The number of benzene rings is 1. The summed E-state index contributed by atoms with van der Waals surface area (Å²) in [5, 5.41) is 16.9. The molecule has 0 aromatic heterocycles. The fourth-order valence-corrected chi connectivity index (χ4v) is 1.87. The molecule has 6 nitrogen and oxygen atoms in total. The molecule has 1 aromatic rings. The molecule has 0 saturated carbocycles. The summed E-state index contributed by atoms with van der Waals surface area (Å²) in [6.45, 7) is 3.15. The highest BCUT2D eigenvalue weighted by atomic mass is 16.6. The number of rotatable bonds is 3. The SMILES string of the molecule is Cc1ccc(C(=O)C(=C2NCCCN2)[N+](=O)[O-])cc1. The van der Waals surface area contributed by atoms with Crippen molar-refractivity contribution in [2.24, 2.45) is 0 Å². The predicted molar refractivity (Wildman–Crippen MR) is 70.2 cm³/mol. The van der Waals surface area contributed by atoms with E-state index < -0.39 is 16.4 Å². The number of carbonyl (C=O) groups excluding carboxylic acids is 1. The van der Waals surface area contributed by atoms with Crippen molar-refractivity contribution in [2.75, 3.05) is 13.1 Å². The number of nitrogens with one attached hydrogen (secondary N) is 2. The summed E-state index contributed by atoms with van der Waals surface area (Å²) in [4.78, 5) is 22.7. The first-order valence-electron chi connectivity index (χ1n) is 6.07. The quantitative estimate of drug-likeness (QED) is 0.370. The van der Waals surface area contributed by atoms with Gasteiger partial charge in [-0.3, -0.25) is 14.9 Å². The summed E-state index contributed by atoms with van der Waals surface area (Å²) >= 11 is 0. The molecule has 0 atom stereocenters. The highest BCUT2D eigenvalue weighted by Crippen LogP contribution is 2.13. The minimum atomic E-state index is -0.636. The van der Waals surface area contributed by atoms with Crippen LogP contribution < -0.4 is 10.6 Å². The molecule has 0 radical (unpaired) electrons. The second kappa shape index (κ2) is 5.51. The third kappa shape index (κ3) is 2.90. The van der Waals surface area contributed by atoms with E-state index in [0.717, 1.165) is 12.0 Å². The van der Waals surface area contributed by atoms with Crippen molar-refractivity contribution in [3.05, 3.63) is 57.0 Å². The molecule has 1 aliphatic rings. The van der Waals surface area contributed by atoms with E-state index in [9.17, 15) is 14.9 Å². The molecule has 2 N–H and O–H groups in total. The van der Waals surface area contributed by atoms with Crippen molar-refractivity contribution in [1.82, 2.24) is 10.6 Å². The average molecular weight is 261 g/mol. The highest BCUT2D eigenvalue weighted by Gasteiger charge is 2.29. The Morgan fingerprint density at radius 1 is 1.21 bits per heavy atom. The van der Waals surface area contributed by atoms with Gasteiger partial charge in [-0.2, -0.15) is 0 Å². The monoisotopic (exact) mass is 261 g/mol. The maximum atomic E-state index is 12.2. The number of nitro groups is 1. The van der Waals surface area contributed by atoms with Gasteiger partial charge in [0, 0.05) is 18.7 Å². The second-order valence-electron chi connectivity index (χ2n) is 4.38. The smallest absolute Gasteiger partial charge is 0.356 e. The van der Waals surface area contributed by atoms with E-state index in [1.807, 2.05) is 6.92 Å². The second-order valence-corrected chi connectivity index (χ2v) is 4.38. The van der Waals surface area contributed by atoms with Crippen LogP contribution >= 0.6 is 0 Å². The van der Waals surface area contributed by atoms with Crippen LogP contribution in [0.4, 0.5) is 0 Å². The van der Waals surface area contributed by atoms with Crippen LogP contribution in [0.1, 0.15) is 22.3 Å². The van der Waals surface area contributed by atoms with Gasteiger partial charge in [0.2, 0.25) is 0 Å². The van der Waals surface area contributed by atoms with Gasteiger partial charge in [-0.15, -0.1) is 0 Å². The number of hydrogen-bond acceptors (Lipinski definition) is 5. The van der Waals surface area contributed by atoms with E-state index in [1.54, 1.807) is 24.3 Å². The molecule has 6 heteroatoms. The minimum Gasteiger partial charge on any atom is -0.366 e. The van der Waals surface area contributed by atoms with Crippen LogP contribution in [0.15, 0.2) is 35.8 Å². The maximum Gasteiger partial charge on any atom is 0.356 e. The van der Waals surface area contributed by atoms with Crippen LogP contribution in [-0.4, -0.2) is 23.8 Å². The highest BCUT2D eigenvalue weighted by molar-refractivity contribution is 6.07. The summed E-state index contributed by atoms with van der Waals surface area (Å²) in [5.74, 6) is -0.372. The van der Waals surface area contributed by atoms with Gasteiger partial charge < -0.3 is 10.6 Å². The lowest BCUT2D eigenvalue weighted by Crippen LogP contribution is -2.38. The van der Waals surface area contributed by atoms with E-state index in [2.05, 4.69) is 10.6 Å². The first kappa shape index (κ1) is 13.1. The fourth-order valence-electron chi connectivity index (χ4n) is 1.87. The molecule has 0 spiro atoms. The van der Waals surface area contributed by atoms with E-state index in [4.69, 9.17) is 0 Å². The molecule has 0 unspecified atom stereocenters. The molecular formula is C13H15N3O3. The van der Waals surface area contributed by atoms with Crippen LogP contribution in [0.25, 0.3) is 0 Å². The van der Waals surface area contributed by atoms with Gasteiger partial charge >= 0.3 is 5.70 Å². The van der Waals surface area contributed by atoms with E-state index in [-0.39, 0.29) is 5.82 Å². The Labute approximate surface area is 110 Å². The van der Waals surface area contributed by atoms with Crippen LogP contribution in [0.2, 0.25) is 0 Å². The first-order valence-corrected chi connectivity index (χ1v) is 6.07. The number of allylic oxidation sites excluding steroid dienone is 1. The lowest BCUT2D eigenvalue weighted by Gasteiger charge is -2.18. The zero-order valence-corrected chi connectivity index (χ0v) is 10.6. The summed E-state index contributed by atoms with van der Waals surface area (Å²) in [6, 6.07) is 6.73. The van der Waals surface area contributed by atoms with Gasteiger partial charge in [0.1, 0.15) is 0 Å².